The molecule has 4 aromatic rings. The molecule has 3 aromatic carbocycles. The molecule has 0 atom stereocenters. The van der Waals surface area contributed by atoms with Gasteiger partial charge in [0.25, 0.3) is 5.56 Å². The lowest BCUT2D eigenvalue weighted by Gasteiger charge is -2.15. The minimum absolute atomic E-state index is 0.0397. The number of benzene rings is 3. The molecule has 33 heavy (non-hydrogen) atoms. The first kappa shape index (κ1) is 22.7. The zero-order valence-electron chi connectivity index (χ0n) is 17.5. The Morgan fingerprint density at radius 3 is 2.64 bits per heavy atom. The third-order valence-electron chi connectivity index (χ3n) is 4.77. The minimum Gasteiger partial charge on any atom is -0.490 e. The molecule has 168 valence electrons. The highest BCUT2D eigenvalue weighted by atomic mass is 127. The van der Waals surface area contributed by atoms with Crippen LogP contribution in [0.25, 0.3) is 10.9 Å². The highest BCUT2D eigenvalue weighted by Gasteiger charge is 2.13. The van der Waals surface area contributed by atoms with E-state index in [1.54, 1.807) is 54.6 Å². The van der Waals surface area contributed by atoms with Crippen LogP contribution in [0.4, 0.5) is 4.39 Å². The molecule has 0 radical (unpaired) electrons. The Balaban J connectivity index is 1.66. The minimum atomic E-state index is -0.639. The number of rotatable bonds is 7. The first-order valence-electron chi connectivity index (χ1n) is 10.1. The zero-order chi connectivity index (χ0) is 23.4. The van der Waals surface area contributed by atoms with Gasteiger partial charge in [-0.2, -0.15) is 5.10 Å². The van der Waals surface area contributed by atoms with E-state index < -0.39 is 11.2 Å². The van der Waals surface area contributed by atoms with E-state index in [-0.39, 0.29) is 12.4 Å². The molecule has 0 fully saturated rings. The van der Waals surface area contributed by atoms with Gasteiger partial charge in [-0.15, -0.1) is 4.68 Å². The maximum absolute atomic E-state index is 13.9. The maximum atomic E-state index is 13.9. The predicted octanol–water partition coefficient (Wildman–Crippen LogP) is 4.29. The Hall–Kier alpha value is -3.47. The van der Waals surface area contributed by atoms with Crippen LogP contribution in [0.5, 0.6) is 11.5 Å². The number of aromatic nitrogens is 2. The topological polar surface area (TPSA) is 85.7 Å². The summed E-state index contributed by atoms with van der Waals surface area (Å²) in [5.74, 6) is 0.570. The van der Waals surface area contributed by atoms with Crippen molar-refractivity contribution in [2.45, 2.75) is 13.5 Å². The van der Waals surface area contributed by atoms with Gasteiger partial charge in [0.2, 0.25) is 0 Å². The smallest absolute Gasteiger partial charge is 0.349 e. The second-order valence-electron chi connectivity index (χ2n) is 6.98. The third kappa shape index (κ3) is 4.98. The van der Waals surface area contributed by atoms with Crippen LogP contribution in [0.1, 0.15) is 18.1 Å². The molecule has 4 rings (SSSR count). The number of nitrogens with one attached hydrogen (secondary N) is 1. The van der Waals surface area contributed by atoms with E-state index in [1.165, 1.54) is 12.3 Å². The standard InChI is InChI=1S/C24H19FIN3O4/c1-2-32-21-12-15(11-19(26)22(21)33-14-16-7-3-5-9-18(16)25)13-27-29-23(30)17-8-4-6-10-20(17)28-24(29)31/h3-13H,2,14H2,1H3,(H,28,31). The zero-order valence-corrected chi connectivity index (χ0v) is 19.7. The number of halogens is 2. The SMILES string of the molecule is CCOc1cc(C=Nn2c(=O)[nH]c3ccccc3c2=O)cc(I)c1OCc1ccccc1F. The molecular formula is C24H19FIN3O4. The average Bonchev–Trinajstić information content (AvgIpc) is 2.79. The van der Waals surface area contributed by atoms with Crippen molar-refractivity contribution >= 4 is 39.7 Å². The van der Waals surface area contributed by atoms with Crippen LogP contribution < -0.4 is 20.7 Å². The van der Waals surface area contributed by atoms with Crippen molar-refractivity contribution in [1.82, 2.24) is 9.66 Å². The summed E-state index contributed by atoms with van der Waals surface area (Å²) in [6.45, 7) is 2.26. The molecular weight excluding hydrogens is 540 g/mol. The molecule has 0 saturated heterocycles. The summed E-state index contributed by atoms with van der Waals surface area (Å²) in [5.41, 5.74) is 0.315. The fourth-order valence-corrected chi connectivity index (χ4v) is 3.99. The first-order valence-corrected chi connectivity index (χ1v) is 11.2. The summed E-state index contributed by atoms with van der Waals surface area (Å²) >= 11 is 2.09. The van der Waals surface area contributed by atoms with Crippen LogP contribution in [0, 0.1) is 9.39 Å². The fraction of sp³-hybridized carbons (Fsp3) is 0.125. The molecule has 0 aliphatic carbocycles. The summed E-state index contributed by atoms with van der Waals surface area (Å²) in [6, 6.07) is 16.6. The molecule has 9 heteroatoms. The van der Waals surface area contributed by atoms with Crippen molar-refractivity contribution < 1.29 is 13.9 Å². The molecule has 0 spiro atoms. The number of H-pyrrole nitrogens is 1. The summed E-state index contributed by atoms with van der Waals surface area (Å²) in [5, 5.41) is 4.45. The van der Waals surface area contributed by atoms with Crippen molar-refractivity contribution in [3.8, 4) is 11.5 Å². The molecule has 1 N–H and O–H groups in total. The van der Waals surface area contributed by atoms with Crippen LogP contribution in [0.3, 0.4) is 0 Å². The van der Waals surface area contributed by atoms with Gasteiger partial charge in [-0.3, -0.25) is 4.79 Å². The molecule has 7 nitrogen and oxygen atoms in total. The number of nitrogens with zero attached hydrogens (tertiary/aromatic N) is 2. The van der Waals surface area contributed by atoms with E-state index in [0.29, 0.717) is 43.7 Å². The fourth-order valence-electron chi connectivity index (χ4n) is 3.21. The van der Waals surface area contributed by atoms with Gasteiger partial charge in [-0.1, -0.05) is 30.3 Å². The van der Waals surface area contributed by atoms with Crippen molar-refractivity contribution in [1.29, 1.82) is 0 Å². The highest BCUT2D eigenvalue weighted by molar-refractivity contribution is 14.1. The summed E-state index contributed by atoms with van der Waals surface area (Å²) in [7, 11) is 0. The van der Waals surface area contributed by atoms with Crippen LogP contribution in [-0.4, -0.2) is 22.5 Å². The van der Waals surface area contributed by atoms with E-state index in [4.69, 9.17) is 9.47 Å². The van der Waals surface area contributed by atoms with Gasteiger partial charge < -0.3 is 14.5 Å². The van der Waals surface area contributed by atoms with Crippen LogP contribution in [0.15, 0.2) is 75.4 Å². The Bertz CT molecular complexity index is 1460. The van der Waals surface area contributed by atoms with Crippen molar-refractivity contribution in [2.24, 2.45) is 5.10 Å². The third-order valence-corrected chi connectivity index (χ3v) is 5.57. The quantitative estimate of drug-likeness (QED) is 0.271. The van der Waals surface area contributed by atoms with Gasteiger partial charge in [-0.05, 0) is 65.4 Å². The Morgan fingerprint density at radius 1 is 1.09 bits per heavy atom. The van der Waals surface area contributed by atoms with Gasteiger partial charge in [-0.25, -0.2) is 9.18 Å². The molecule has 0 unspecified atom stereocenters. The maximum Gasteiger partial charge on any atom is 0.349 e. The lowest BCUT2D eigenvalue weighted by molar-refractivity contribution is 0.264. The van der Waals surface area contributed by atoms with Crippen molar-refractivity contribution in [3.05, 3.63) is 102 Å². The second kappa shape index (κ2) is 9.99. The molecule has 1 aromatic heterocycles. The highest BCUT2D eigenvalue weighted by Crippen LogP contribution is 2.34. The first-order chi connectivity index (χ1) is 16.0. The Morgan fingerprint density at radius 2 is 1.85 bits per heavy atom. The van der Waals surface area contributed by atoms with E-state index in [0.717, 1.165) is 4.68 Å². The van der Waals surface area contributed by atoms with Crippen LogP contribution in [0.2, 0.25) is 0 Å². The Kier molecular flexibility index (Phi) is 6.87. The lowest BCUT2D eigenvalue weighted by Crippen LogP contribution is -2.32. The lowest BCUT2D eigenvalue weighted by atomic mass is 10.2. The van der Waals surface area contributed by atoms with Gasteiger partial charge in [0.05, 0.1) is 27.3 Å². The van der Waals surface area contributed by atoms with E-state index in [1.807, 2.05) is 6.92 Å². The number of ether oxygens (including phenoxy) is 2. The van der Waals surface area contributed by atoms with E-state index in [2.05, 4.69) is 32.7 Å². The number of para-hydroxylation sites is 1. The van der Waals surface area contributed by atoms with Crippen LogP contribution in [-0.2, 0) is 6.61 Å². The van der Waals surface area contributed by atoms with E-state index in [9.17, 15) is 14.0 Å². The average molecular weight is 559 g/mol. The predicted molar refractivity (Wildman–Crippen MR) is 133 cm³/mol. The van der Waals surface area contributed by atoms with Crippen LogP contribution >= 0.6 is 22.6 Å². The molecule has 0 aliphatic heterocycles. The summed E-state index contributed by atoms with van der Waals surface area (Å²) in [4.78, 5) is 27.6. The van der Waals surface area contributed by atoms with Gasteiger partial charge in [0, 0.05) is 5.56 Å². The van der Waals surface area contributed by atoms with Gasteiger partial charge >= 0.3 is 5.69 Å². The number of fused-ring (bicyclic) bond motifs is 1. The molecule has 0 bridgehead atoms. The normalized spacial score (nSPS) is 11.2. The summed E-state index contributed by atoms with van der Waals surface area (Å²) in [6.07, 6.45) is 1.40. The van der Waals surface area contributed by atoms with Gasteiger partial charge in [0.15, 0.2) is 11.5 Å². The monoisotopic (exact) mass is 559 g/mol. The number of hydrogen-bond donors (Lipinski definition) is 1. The largest absolute Gasteiger partial charge is 0.490 e. The van der Waals surface area contributed by atoms with Crippen molar-refractivity contribution in [2.75, 3.05) is 6.61 Å². The molecule has 0 aliphatic rings. The number of hydrogen-bond acceptors (Lipinski definition) is 5. The second-order valence-corrected chi connectivity index (χ2v) is 8.14. The van der Waals surface area contributed by atoms with Gasteiger partial charge in [0.1, 0.15) is 12.4 Å². The molecule has 0 amide bonds. The van der Waals surface area contributed by atoms with E-state index >= 15 is 0 Å². The summed E-state index contributed by atoms with van der Waals surface area (Å²) < 4.78 is 27.0. The molecule has 0 saturated carbocycles. The Labute approximate surface area is 201 Å². The molecule has 1 heterocycles. The van der Waals surface area contributed by atoms with Crippen molar-refractivity contribution in [3.63, 3.8) is 0 Å². The number of aromatic amines is 1.